The Morgan fingerprint density at radius 2 is 2.33 bits per heavy atom. The van der Waals surface area contributed by atoms with E-state index in [2.05, 4.69) is 19.9 Å². The number of hydrogen-bond donors (Lipinski definition) is 0. The maximum absolute atomic E-state index is 11.2. The molecule has 2 heterocycles. The Labute approximate surface area is 89.8 Å². The molecule has 0 aliphatic carbocycles. The van der Waals surface area contributed by atoms with E-state index in [9.17, 15) is 4.79 Å². The van der Waals surface area contributed by atoms with Crippen molar-refractivity contribution in [1.82, 2.24) is 15.2 Å². The summed E-state index contributed by atoms with van der Waals surface area (Å²) in [5.41, 5.74) is 2.80. The average Bonchev–Trinajstić information content (AvgIpc) is 2.82. The molecule has 2 rings (SSSR count). The van der Waals surface area contributed by atoms with Gasteiger partial charge in [0.15, 0.2) is 0 Å². The average molecular weight is 221 g/mol. The Morgan fingerprint density at radius 3 is 3.00 bits per heavy atom. The van der Waals surface area contributed by atoms with Crippen molar-refractivity contribution in [1.29, 1.82) is 0 Å². The topological polar surface area (TPSA) is 65.0 Å². The molecule has 6 heteroatoms. The molecule has 0 amide bonds. The van der Waals surface area contributed by atoms with Crippen molar-refractivity contribution in [2.75, 3.05) is 7.11 Å². The number of carbonyl (C=O) groups is 1. The molecule has 0 bridgehead atoms. The van der Waals surface area contributed by atoms with E-state index in [0.29, 0.717) is 5.56 Å². The van der Waals surface area contributed by atoms with Crippen molar-refractivity contribution in [2.24, 2.45) is 0 Å². The second-order valence-corrected chi connectivity index (χ2v) is 3.53. The summed E-state index contributed by atoms with van der Waals surface area (Å²) in [7, 11) is 1.33. The third kappa shape index (κ3) is 1.99. The summed E-state index contributed by atoms with van der Waals surface area (Å²) in [6.07, 6.45) is 3.09. The van der Waals surface area contributed by atoms with E-state index in [-0.39, 0.29) is 0 Å². The van der Waals surface area contributed by atoms with Crippen LogP contribution in [0.3, 0.4) is 0 Å². The molecule has 0 saturated heterocycles. The third-order valence-corrected chi connectivity index (χ3v) is 2.51. The molecule has 15 heavy (non-hydrogen) atoms. The molecule has 0 aliphatic heterocycles. The van der Waals surface area contributed by atoms with Crippen LogP contribution in [0.4, 0.5) is 0 Å². The van der Waals surface area contributed by atoms with Crippen molar-refractivity contribution in [3.05, 3.63) is 29.5 Å². The Kier molecular flexibility index (Phi) is 2.68. The van der Waals surface area contributed by atoms with E-state index in [1.807, 2.05) is 0 Å². The predicted octanol–water partition coefficient (Wildman–Crippen LogP) is 1.39. The Morgan fingerprint density at radius 1 is 1.47 bits per heavy atom. The number of hydrogen-bond acceptors (Lipinski definition) is 6. The van der Waals surface area contributed by atoms with Crippen molar-refractivity contribution < 1.29 is 9.53 Å². The van der Waals surface area contributed by atoms with Crippen LogP contribution in [0, 0.1) is 0 Å². The molecular weight excluding hydrogens is 214 g/mol. The van der Waals surface area contributed by atoms with Crippen LogP contribution < -0.4 is 0 Å². The van der Waals surface area contributed by atoms with E-state index >= 15 is 0 Å². The number of ether oxygens (including phenoxy) is 1. The smallest absolute Gasteiger partial charge is 0.339 e. The molecule has 76 valence electrons. The zero-order chi connectivity index (χ0) is 10.7. The lowest BCUT2D eigenvalue weighted by molar-refractivity contribution is 0.0600. The van der Waals surface area contributed by atoms with Gasteiger partial charge in [0, 0.05) is 18.0 Å². The van der Waals surface area contributed by atoms with E-state index in [0.717, 1.165) is 10.6 Å². The maximum atomic E-state index is 11.2. The second kappa shape index (κ2) is 4.14. The molecule has 5 nitrogen and oxygen atoms in total. The van der Waals surface area contributed by atoms with Crippen LogP contribution in [0.5, 0.6) is 0 Å². The first-order chi connectivity index (χ1) is 7.31. The molecule has 0 spiro atoms. The molecule has 0 atom stereocenters. The molecule has 0 fully saturated rings. The van der Waals surface area contributed by atoms with Gasteiger partial charge in [-0.3, -0.25) is 4.98 Å². The van der Waals surface area contributed by atoms with Gasteiger partial charge in [-0.1, -0.05) is 11.3 Å². The lowest BCUT2D eigenvalue weighted by Crippen LogP contribution is -2.01. The molecular formula is C9H7N3O2S. The summed E-state index contributed by atoms with van der Waals surface area (Å²) >= 11 is 1.39. The monoisotopic (exact) mass is 221 g/mol. The Balaban J connectivity index is 2.39. The van der Waals surface area contributed by atoms with Crippen LogP contribution in [0.1, 0.15) is 10.4 Å². The molecule has 0 N–H and O–H groups in total. The van der Waals surface area contributed by atoms with Gasteiger partial charge < -0.3 is 4.74 Å². The molecule has 0 radical (unpaired) electrons. The van der Waals surface area contributed by atoms with Gasteiger partial charge in [0.1, 0.15) is 10.5 Å². The summed E-state index contributed by atoms with van der Waals surface area (Å²) in [5, 5.41) is 8.34. The van der Waals surface area contributed by atoms with Crippen LogP contribution >= 0.6 is 11.3 Å². The molecule has 0 aromatic carbocycles. The minimum absolute atomic E-state index is 0.408. The number of esters is 1. The lowest BCUT2D eigenvalue weighted by Gasteiger charge is -1.99. The number of rotatable bonds is 2. The summed E-state index contributed by atoms with van der Waals surface area (Å²) in [6.45, 7) is 0. The summed E-state index contributed by atoms with van der Waals surface area (Å²) in [6, 6.07) is 1.68. The lowest BCUT2D eigenvalue weighted by atomic mass is 10.2. The number of carbonyl (C=O) groups excluding carboxylic acids is 1. The first-order valence-corrected chi connectivity index (χ1v) is 4.99. The van der Waals surface area contributed by atoms with Gasteiger partial charge in [0.05, 0.1) is 12.7 Å². The van der Waals surface area contributed by atoms with Crippen LogP contribution in [-0.2, 0) is 4.74 Å². The van der Waals surface area contributed by atoms with E-state index in [1.165, 1.54) is 24.6 Å². The fourth-order valence-electron chi connectivity index (χ4n) is 1.09. The van der Waals surface area contributed by atoms with Gasteiger partial charge in [0.25, 0.3) is 0 Å². The highest BCUT2D eigenvalue weighted by Gasteiger charge is 2.08. The Hall–Kier alpha value is -1.82. The first-order valence-electron chi connectivity index (χ1n) is 4.11. The largest absolute Gasteiger partial charge is 0.465 e. The summed E-state index contributed by atoms with van der Waals surface area (Å²) in [4.78, 5) is 15.2. The first kappa shape index (κ1) is 9.72. The molecule has 0 aliphatic rings. The quantitative estimate of drug-likeness (QED) is 0.717. The minimum atomic E-state index is -0.408. The third-order valence-electron chi connectivity index (χ3n) is 1.77. The van der Waals surface area contributed by atoms with Gasteiger partial charge in [-0.05, 0) is 6.07 Å². The highest BCUT2D eigenvalue weighted by atomic mass is 32.1. The molecule has 2 aromatic rings. The van der Waals surface area contributed by atoms with Crippen molar-refractivity contribution in [2.45, 2.75) is 0 Å². The highest BCUT2D eigenvalue weighted by Crippen LogP contribution is 2.20. The molecule has 0 unspecified atom stereocenters. The number of nitrogens with zero attached hydrogens (tertiary/aromatic N) is 3. The summed E-state index contributed by atoms with van der Waals surface area (Å²) in [5.74, 6) is -0.408. The fourth-order valence-corrected chi connectivity index (χ4v) is 1.62. The minimum Gasteiger partial charge on any atom is -0.465 e. The van der Waals surface area contributed by atoms with Crippen LogP contribution in [0.15, 0.2) is 24.0 Å². The Bertz CT molecular complexity index is 470. The standard InChI is InChI=1S/C9H7N3O2S/c1-14-9(13)7-2-6(3-10-4-7)8-12-11-5-15-8/h2-5H,1H3. The van der Waals surface area contributed by atoms with Crippen molar-refractivity contribution in [3.8, 4) is 10.6 Å². The van der Waals surface area contributed by atoms with Crippen molar-refractivity contribution in [3.63, 3.8) is 0 Å². The van der Waals surface area contributed by atoms with Gasteiger partial charge in [-0.25, -0.2) is 4.79 Å². The van der Waals surface area contributed by atoms with E-state index < -0.39 is 5.97 Å². The van der Waals surface area contributed by atoms with E-state index in [1.54, 1.807) is 17.8 Å². The SMILES string of the molecule is COC(=O)c1cncc(-c2nncs2)c1. The number of aromatic nitrogens is 3. The predicted molar refractivity (Wildman–Crippen MR) is 54.5 cm³/mol. The highest BCUT2D eigenvalue weighted by molar-refractivity contribution is 7.12. The van der Waals surface area contributed by atoms with Crippen LogP contribution in [-0.4, -0.2) is 28.3 Å². The van der Waals surface area contributed by atoms with E-state index in [4.69, 9.17) is 0 Å². The molecule has 0 saturated carbocycles. The van der Waals surface area contributed by atoms with Crippen molar-refractivity contribution >= 4 is 17.3 Å². The van der Waals surface area contributed by atoms with Gasteiger partial charge in [0.2, 0.25) is 0 Å². The zero-order valence-corrected chi connectivity index (χ0v) is 8.69. The summed E-state index contributed by atoms with van der Waals surface area (Å²) < 4.78 is 4.60. The second-order valence-electron chi connectivity index (χ2n) is 2.70. The number of methoxy groups -OCH3 is 1. The number of pyridine rings is 1. The van der Waals surface area contributed by atoms with Crippen LogP contribution in [0.2, 0.25) is 0 Å². The molecule has 2 aromatic heterocycles. The van der Waals surface area contributed by atoms with Gasteiger partial charge in [-0.15, -0.1) is 10.2 Å². The van der Waals surface area contributed by atoms with Crippen LogP contribution in [0.25, 0.3) is 10.6 Å². The van der Waals surface area contributed by atoms with Gasteiger partial charge in [-0.2, -0.15) is 0 Å². The maximum Gasteiger partial charge on any atom is 0.339 e. The fraction of sp³-hybridized carbons (Fsp3) is 0.111. The normalized spacial score (nSPS) is 9.93. The van der Waals surface area contributed by atoms with Gasteiger partial charge >= 0.3 is 5.97 Å². The zero-order valence-electron chi connectivity index (χ0n) is 7.88.